The Morgan fingerprint density at radius 1 is 1.03 bits per heavy atom. The van der Waals surface area contributed by atoms with Crippen molar-refractivity contribution in [2.75, 3.05) is 38.5 Å². The van der Waals surface area contributed by atoms with E-state index in [0.717, 1.165) is 54.2 Å². The molecule has 0 bridgehead atoms. The molecule has 0 aliphatic carbocycles. The number of nitrogens with zero attached hydrogens (tertiary/aromatic N) is 5. The molecule has 9 heteroatoms. The summed E-state index contributed by atoms with van der Waals surface area (Å²) in [5.74, 6) is 0.430. The van der Waals surface area contributed by atoms with E-state index in [1.807, 2.05) is 41.3 Å². The van der Waals surface area contributed by atoms with Gasteiger partial charge in [0.25, 0.3) is 5.91 Å². The van der Waals surface area contributed by atoms with Crippen LogP contribution < -0.4 is 5.32 Å². The summed E-state index contributed by atoms with van der Waals surface area (Å²) in [6, 6.07) is 13.0. The molecule has 0 radical (unpaired) electrons. The highest BCUT2D eigenvalue weighted by molar-refractivity contribution is 6.35. The van der Waals surface area contributed by atoms with Crippen LogP contribution >= 0.6 is 11.6 Å². The molecule has 2 N–H and O–H groups in total. The number of aromatic amines is 1. The van der Waals surface area contributed by atoms with Crippen LogP contribution in [0.3, 0.4) is 0 Å². The van der Waals surface area contributed by atoms with Crippen LogP contribution in [-0.2, 0) is 0 Å². The third kappa shape index (κ3) is 4.15. The first kappa shape index (κ1) is 20.4. The van der Waals surface area contributed by atoms with Crippen molar-refractivity contribution in [3.63, 3.8) is 0 Å². The summed E-state index contributed by atoms with van der Waals surface area (Å²) in [4.78, 5) is 33.4. The van der Waals surface area contributed by atoms with Crippen LogP contribution in [0.4, 0.5) is 11.6 Å². The zero-order chi connectivity index (χ0) is 22.1. The minimum absolute atomic E-state index is 0.00808. The van der Waals surface area contributed by atoms with E-state index in [1.165, 1.54) is 0 Å². The summed E-state index contributed by atoms with van der Waals surface area (Å²) in [6.07, 6.45) is 3.41. The molecule has 0 atom stereocenters. The second-order valence-electron chi connectivity index (χ2n) is 7.81. The van der Waals surface area contributed by atoms with Gasteiger partial charge >= 0.3 is 0 Å². The van der Waals surface area contributed by atoms with Gasteiger partial charge in [-0.2, -0.15) is 0 Å². The fourth-order valence-electron chi connectivity index (χ4n) is 3.77. The third-order valence-electron chi connectivity index (χ3n) is 5.54. The maximum absolute atomic E-state index is 12.9. The molecule has 0 unspecified atom stereocenters. The van der Waals surface area contributed by atoms with Crippen LogP contribution in [-0.4, -0.2) is 68.9 Å². The van der Waals surface area contributed by atoms with Gasteiger partial charge in [0.05, 0.1) is 21.9 Å². The predicted octanol–water partition coefficient (Wildman–Crippen LogP) is 3.80. The number of carbonyl (C=O) groups excluding carboxylic acids is 1. The van der Waals surface area contributed by atoms with Gasteiger partial charge in [0.1, 0.15) is 5.69 Å². The molecule has 4 aromatic rings. The average Bonchev–Trinajstić information content (AvgIpc) is 3.25. The number of hydrogen-bond donors (Lipinski definition) is 2. The summed E-state index contributed by atoms with van der Waals surface area (Å²) >= 11 is 6.52. The third-order valence-corrected chi connectivity index (χ3v) is 5.84. The van der Waals surface area contributed by atoms with E-state index >= 15 is 0 Å². The van der Waals surface area contributed by atoms with E-state index in [4.69, 9.17) is 11.6 Å². The highest BCUT2D eigenvalue weighted by Crippen LogP contribution is 2.30. The van der Waals surface area contributed by atoms with Gasteiger partial charge in [-0.05, 0) is 43.4 Å². The van der Waals surface area contributed by atoms with Gasteiger partial charge in [0.15, 0.2) is 0 Å². The Bertz CT molecular complexity index is 1270. The lowest BCUT2D eigenvalue weighted by atomic mass is 10.2. The number of likely N-dealkylation sites (N-methyl/N-ethyl adjacent to an activating group) is 1. The fourth-order valence-corrected chi connectivity index (χ4v) is 4.05. The van der Waals surface area contributed by atoms with Gasteiger partial charge in [-0.25, -0.2) is 9.97 Å². The number of benzene rings is 1. The number of nitrogens with one attached hydrogen (secondary N) is 2. The molecular formula is C23H22ClN7O. The van der Waals surface area contributed by atoms with Gasteiger partial charge in [-0.15, -0.1) is 0 Å². The van der Waals surface area contributed by atoms with E-state index in [9.17, 15) is 4.79 Å². The van der Waals surface area contributed by atoms with Crippen LogP contribution in [0.2, 0.25) is 5.02 Å². The standard InChI is InChI=1S/C23H22ClN7O/c1-30-8-10-31(11-9-30)22(32)20-13-15-12-16(14-17(24)21(15)28-20)27-23-26-7-5-19(29-23)18-4-2-3-6-25-18/h2-7,12-14,28H,8-11H2,1H3,(H,26,27,29). The predicted molar refractivity (Wildman–Crippen MR) is 125 cm³/mol. The summed E-state index contributed by atoms with van der Waals surface area (Å²) < 4.78 is 0. The number of fused-ring (bicyclic) bond motifs is 1. The lowest BCUT2D eigenvalue weighted by Crippen LogP contribution is -2.47. The van der Waals surface area contributed by atoms with Crippen LogP contribution in [0.25, 0.3) is 22.3 Å². The number of aromatic nitrogens is 4. The molecule has 1 amide bonds. The molecule has 1 aliphatic rings. The normalized spacial score (nSPS) is 14.6. The highest BCUT2D eigenvalue weighted by atomic mass is 35.5. The van der Waals surface area contributed by atoms with Crippen molar-refractivity contribution in [2.24, 2.45) is 0 Å². The molecule has 4 heterocycles. The van der Waals surface area contributed by atoms with Crippen molar-refractivity contribution in [1.29, 1.82) is 0 Å². The Hall–Kier alpha value is -3.49. The Morgan fingerprint density at radius 2 is 1.88 bits per heavy atom. The number of anilines is 2. The molecule has 32 heavy (non-hydrogen) atoms. The number of pyridine rings is 1. The Labute approximate surface area is 190 Å². The first-order valence-electron chi connectivity index (χ1n) is 10.4. The Kier molecular flexibility index (Phi) is 5.46. The minimum atomic E-state index is -0.00808. The second-order valence-corrected chi connectivity index (χ2v) is 8.21. The van der Waals surface area contributed by atoms with E-state index in [1.54, 1.807) is 18.5 Å². The Morgan fingerprint density at radius 3 is 2.66 bits per heavy atom. The summed E-state index contributed by atoms with van der Waals surface area (Å²) in [6.45, 7) is 3.18. The van der Waals surface area contributed by atoms with Gasteiger partial charge in [0.2, 0.25) is 5.95 Å². The van der Waals surface area contributed by atoms with Crippen molar-refractivity contribution in [2.45, 2.75) is 0 Å². The summed E-state index contributed by atoms with van der Waals surface area (Å²) in [5, 5.41) is 4.57. The molecule has 1 aromatic carbocycles. The number of halogens is 1. The molecule has 162 valence electrons. The smallest absolute Gasteiger partial charge is 0.270 e. The lowest BCUT2D eigenvalue weighted by Gasteiger charge is -2.32. The molecule has 1 aliphatic heterocycles. The van der Waals surface area contributed by atoms with Crippen molar-refractivity contribution in [3.8, 4) is 11.4 Å². The molecule has 5 rings (SSSR count). The van der Waals surface area contributed by atoms with E-state index in [-0.39, 0.29) is 5.91 Å². The molecule has 0 spiro atoms. The topological polar surface area (TPSA) is 90.0 Å². The van der Waals surface area contributed by atoms with Gasteiger partial charge < -0.3 is 20.1 Å². The quantitative estimate of drug-likeness (QED) is 0.494. The first-order chi connectivity index (χ1) is 15.6. The van der Waals surface area contributed by atoms with E-state index < -0.39 is 0 Å². The summed E-state index contributed by atoms with van der Waals surface area (Å²) in [5.41, 5.74) is 3.49. The van der Waals surface area contributed by atoms with E-state index in [0.29, 0.717) is 16.7 Å². The SMILES string of the molecule is CN1CCN(C(=O)c2cc3cc(Nc4nccc(-c5ccccn5)n4)cc(Cl)c3[nH]2)CC1. The number of carbonyl (C=O) groups is 1. The van der Waals surface area contributed by atoms with Gasteiger partial charge in [-0.1, -0.05) is 17.7 Å². The van der Waals surface area contributed by atoms with E-state index in [2.05, 4.69) is 37.2 Å². The minimum Gasteiger partial charge on any atom is -0.349 e. The number of amides is 1. The van der Waals surface area contributed by atoms with Gasteiger partial charge in [-0.3, -0.25) is 9.78 Å². The largest absolute Gasteiger partial charge is 0.349 e. The Balaban J connectivity index is 1.40. The maximum Gasteiger partial charge on any atom is 0.270 e. The maximum atomic E-state index is 12.9. The monoisotopic (exact) mass is 447 g/mol. The first-order valence-corrected chi connectivity index (χ1v) is 10.8. The molecule has 1 fully saturated rings. The summed E-state index contributed by atoms with van der Waals surface area (Å²) in [7, 11) is 2.06. The average molecular weight is 448 g/mol. The number of rotatable bonds is 4. The zero-order valence-electron chi connectivity index (χ0n) is 17.5. The van der Waals surface area contributed by atoms with Crippen molar-refractivity contribution < 1.29 is 4.79 Å². The number of H-pyrrole nitrogens is 1. The van der Waals surface area contributed by atoms with Crippen LogP contribution in [0.1, 0.15) is 10.5 Å². The van der Waals surface area contributed by atoms with Crippen molar-refractivity contribution >= 4 is 40.0 Å². The zero-order valence-corrected chi connectivity index (χ0v) is 18.3. The van der Waals surface area contributed by atoms with Crippen molar-refractivity contribution in [3.05, 3.63) is 65.6 Å². The fraction of sp³-hybridized carbons (Fsp3) is 0.217. The van der Waals surface area contributed by atoms with Gasteiger partial charge in [0, 0.05) is 49.6 Å². The molecule has 8 nitrogen and oxygen atoms in total. The molecule has 1 saturated heterocycles. The molecule has 0 saturated carbocycles. The highest BCUT2D eigenvalue weighted by Gasteiger charge is 2.22. The molecular weight excluding hydrogens is 426 g/mol. The molecule has 3 aromatic heterocycles. The number of hydrogen-bond acceptors (Lipinski definition) is 6. The lowest BCUT2D eigenvalue weighted by molar-refractivity contribution is 0.0659. The number of piperazine rings is 1. The van der Waals surface area contributed by atoms with Crippen LogP contribution in [0.15, 0.2) is 54.9 Å². The van der Waals surface area contributed by atoms with Crippen LogP contribution in [0.5, 0.6) is 0 Å². The second kappa shape index (κ2) is 8.57. The van der Waals surface area contributed by atoms with Crippen LogP contribution in [0, 0.1) is 0 Å². The van der Waals surface area contributed by atoms with Crippen molar-refractivity contribution in [1.82, 2.24) is 29.7 Å².